The summed E-state index contributed by atoms with van der Waals surface area (Å²) in [7, 11) is 0. The van der Waals surface area contributed by atoms with Crippen molar-refractivity contribution < 1.29 is 9.59 Å². The molecular formula is C19H23N5O2. The summed E-state index contributed by atoms with van der Waals surface area (Å²) < 4.78 is 0. The van der Waals surface area contributed by atoms with Crippen LogP contribution in [0.5, 0.6) is 0 Å². The summed E-state index contributed by atoms with van der Waals surface area (Å²) in [6.45, 7) is 7.79. The average Bonchev–Trinajstić information content (AvgIpc) is 2.65. The molecule has 26 heavy (non-hydrogen) atoms. The van der Waals surface area contributed by atoms with Crippen molar-refractivity contribution in [3.63, 3.8) is 0 Å². The van der Waals surface area contributed by atoms with Gasteiger partial charge in [0.15, 0.2) is 11.5 Å². The Hall–Kier alpha value is -2.96. The molecule has 0 atom stereocenters. The molecule has 7 heteroatoms. The molecule has 1 aliphatic rings. The summed E-state index contributed by atoms with van der Waals surface area (Å²) in [5, 5.41) is 11.4. The molecule has 3 rings (SSSR count). The van der Waals surface area contributed by atoms with Gasteiger partial charge >= 0.3 is 0 Å². The first kappa shape index (κ1) is 17.8. The van der Waals surface area contributed by atoms with Crippen LogP contribution in [0.2, 0.25) is 0 Å². The fourth-order valence-electron chi connectivity index (χ4n) is 2.92. The van der Waals surface area contributed by atoms with Crippen molar-refractivity contribution in [3.05, 3.63) is 47.2 Å². The van der Waals surface area contributed by atoms with Gasteiger partial charge in [0.25, 0.3) is 5.91 Å². The predicted octanol–water partition coefficient (Wildman–Crippen LogP) is 2.14. The molecule has 136 valence electrons. The lowest BCUT2D eigenvalue weighted by molar-refractivity contribution is -0.130. The largest absolute Gasteiger partial charge is 0.339 e. The maximum atomic E-state index is 12.5. The first-order valence-electron chi connectivity index (χ1n) is 8.67. The number of nitrogens with one attached hydrogen (secondary N) is 1. The molecule has 2 amide bonds. The van der Waals surface area contributed by atoms with Crippen molar-refractivity contribution in [3.8, 4) is 0 Å². The van der Waals surface area contributed by atoms with Crippen LogP contribution in [0.4, 0.5) is 11.5 Å². The number of carbonyl (C=O) groups excluding carboxylic acids is 2. The molecule has 0 bridgehead atoms. The summed E-state index contributed by atoms with van der Waals surface area (Å²) >= 11 is 0. The lowest BCUT2D eigenvalue weighted by Crippen LogP contribution is -2.50. The molecule has 1 fully saturated rings. The smallest absolute Gasteiger partial charge is 0.274 e. The molecule has 2 heterocycles. The van der Waals surface area contributed by atoms with Crippen molar-refractivity contribution in [1.29, 1.82) is 0 Å². The lowest BCUT2D eigenvalue weighted by Gasteiger charge is -2.33. The van der Waals surface area contributed by atoms with Gasteiger partial charge in [-0.25, -0.2) is 0 Å². The maximum absolute atomic E-state index is 12.5. The Morgan fingerprint density at radius 2 is 1.65 bits per heavy atom. The molecular weight excluding hydrogens is 330 g/mol. The maximum Gasteiger partial charge on any atom is 0.274 e. The lowest BCUT2D eigenvalue weighted by atomic mass is 10.1. The Morgan fingerprint density at radius 3 is 2.27 bits per heavy atom. The molecule has 1 aliphatic heterocycles. The zero-order valence-electron chi connectivity index (χ0n) is 15.3. The SMILES string of the molecule is CC(=O)N1CCN(C(=O)c2ccc(Nc3cccc(C)c3C)nn2)CC1. The van der Waals surface area contributed by atoms with Crippen LogP contribution in [0.3, 0.4) is 0 Å². The minimum Gasteiger partial charge on any atom is -0.339 e. The van der Waals surface area contributed by atoms with E-state index >= 15 is 0 Å². The molecule has 0 spiro atoms. The second-order valence-corrected chi connectivity index (χ2v) is 6.47. The molecule has 0 radical (unpaired) electrons. The first-order chi connectivity index (χ1) is 12.5. The number of hydrogen-bond acceptors (Lipinski definition) is 5. The Morgan fingerprint density at radius 1 is 0.962 bits per heavy atom. The van der Waals surface area contributed by atoms with Crippen LogP contribution >= 0.6 is 0 Å². The van der Waals surface area contributed by atoms with Gasteiger partial charge in [0.2, 0.25) is 5.91 Å². The Balaban J connectivity index is 1.65. The van der Waals surface area contributed by atoms with Gasteiger partial charge < -0.3 is 15.1 Å². The molecule has 0 unspecified atom stereocenters. The number of hydrogen-bond donors (Lipinski definition) is 1. The van der Waals surface area contributed by atoms with E-state index in [9.17, 15) is 9.59 Å². The standard InChI is InChI=1S/C19H23N5O2/c1-13-5-4-6-16(14(13)2)20-18-8-7-17(21-22-18)19(26)24-11-9-23(10-12-24)15(3)25/h4-8H,9-12H2,1-3H3,(H,20,22). The van der Waals surface area contributed by atoms with Crippen molar-refractivity contribution in [2.24, 2.45) is 0 Å². The van der Waals surface area contributed by atoms with Gasteiger partial charge in [-0.3, -0.25) is 9.59 Å². The molecule has 0 saturated carbocycles. The monoisotopic (exact) mass is 353 g/mol. The van der Waals surface area contributed by atoms with Crippen LogP contribution in [0.15, 0.2) is 30.3 Å². The van der Waals surface area contributed by atoms with E-state index in [2.05, 4.69) is 28.5 Å². The second-order valence-electron chi connectivity index (χ2n) is 6.47. The van der Waals surface area contributed by atoms with E-state index < -0.39 is 0 Å². The molecule has 1 saturated heterocycles. The summed E-state index contributed by atoms with van der Waals surface area (Å²) in [5.41, 5.74) is 3.63. The number of amides is 2. The number of nitrogens with zero attached hydrogens (tertiary/aromatic N) is 4. The number of aromatic nitrogens is 2. The van der Waals surface area contributed by atoms with E-state index in [1.807, 2.05) is 19.1 Å². The number of anilines is 2. The fraction of sp³-hybridized carbons (Fsp3) is 0.368. The number of rotatable bonds is 3. The molecule has 1 N–H and O–H groups in total. The third-order valence-electron chi connectivity index (χ3n) is 4.76. The van der Waals surface area contributed by atoms with E-state index in [-0.39, 0.29) is 11.8 Å². The van der Waals surface area contributed by atoms with E-state index in [1.165, 1.54) is 5.56 Å². The minimum atomic E-state index is -0.154. The van der Waals surface area contributed by atoms with Crippen LogP contribution in [0, 0.1) is 13.8 Å². The number of aryl methyl sites for hydroxylation is 1. The van der Waals surface area contributed by atoms with Gasteiger partial charge in [0.05, 0.1) is 0 Å². The molecule has 1 aromatic carbocycles. The van der Waals surface area contributed by atoms with E-state index in [1.54, 1.807) is 28.9 Å². The highest BCUT2D eigenvalue weighted by molar-refractivity contribution is 5.92. The van der Waals surface area contributed by atoms with Gasteiger partial charge in [-0.1, -0.05) is 12.1 Å². The van der Waals surface area contributed by atoms with E-state index in [0.717, 1.165) is 11.3 Å². The van der Waals surface area contributed by atoms with Crippen LogP contribution in [0.1, 0.15) is 28.5 Å². The van der Waals surface area contributed by atoms with Crippen molar-refractivity contribution in [1.82, 2.24) is 20.0 Å². The van der Waals surface area contributed by atoms with Crippen LogP contribution < -0.4 is 5.32 Å². The molecule has 7 nitrogen and oxygen atoms in total. The summed E-state index contributed by atoms with van der Waals surface area (Å²) in [5.74, 6) is 0.481. The van der Waals surface area contributed by atoms with Crippen molar-refractivity contribution in [2.75, 3.05) is 31.5 Å². The summed E-state index contributed by atoms with van der Waals surface area (Å²) in [6, 6.07) is 9.46. The van der Waals surface area contributed by atoms with E-state index in [4.69, 9.17) is 0 Å². The van der Waals surface area contributed by atoms with Crippen LogP contribution in [-0.4, -0.2) is 58.0 Å². The Labute approximate surface area is 153 Å². The zero-order valence-corrected chi connectivity index (χ0v) is 15.3. The van der Waals surface area contributed by atoms with E-state index in [0.29, 0.717) is 37.7 Å². The van der Waals surface area contributed by atoms with Crippen LogP contribution in [0.25, 0.3) is 0 Å². The van der Waals surface area contributed by atoms with Gasteiger partial charge in [0.1, 0.15) is 0 Å². The Kier molecular flexibility index (Phi) is 5.16. The normalized spacial score (nSPS) is 14.3. The zero-order chi connectivity index (χ0) is 18.7. The second kappa shape index (κ2) is 7.51. The fourth-order valence-corrected chi connectivity index (χ4v) is 2.92. The molecule has 0 aliphatic carbocycles. The van der Waals surface area contributed by atoms with Gasteiger partial charge in [0, 0.05) is 38.8 Å². The van der Waals surface area contributed by atoms with Crippen molar-refractivity contribution in [2.45, 2.75) is 20.8 Å². The third kappa shape index (κ3) is 3.82. The number of carbonyl (C=O) groups is 2. The summed E-state index contributed by atoms with van der Waals surface area (Å²) in [6.07, 6.45) is 0. The number of benzene rings is 1. The van der Waals surface area contributed by atoms with Gasteiger partial charge in [-0.15, -0.1) is 10.2 Å². The Bertz CT molecular complexity index is 811. The van der Waals surface area contributed by atoms with Crippen LogP contribution in [-0.2, 0) is 4.79 Å². The third-order valence-corrected chi connectivity index (χ3v) is 4.76. The van der Waals surface area contributed by atoms with Gasteiger partial charge in [-0.2, -0.15) is 0 Å². The molecule has 2 aromatic rings. The van der Waals surface area contributed by atoms with Gasteiger partial charge in [-0.05, 0) is 43.2 Å². The van der Waals surface area contributed by atoms with Crippen molar-refractivity contribution >= 4 is 23.3 Å². The quantitative estimate of drug-likeness (QED) is 0.915. The predicted molar refractivity (Wildman–Crippen MR) is 99.4 cm³/mol. The number of piperazine rings is 1. The highest BCUT2D eigenvalue weighted by atomic mass is 16.2. The topological polar surface area (TPSA) is 78.4 Å². The highest BCUT2D eigenvalue weighted by Crippen LogP contribution is 2.21. The molecule has 1 aromatic heterocycles. The summed E-state index contributed by atoms with van der Waals surface area (Å²) in [4.78, 5) is 27.4. The minimum absolute atomic E-state index is 0.0405. The first-order valence-corrected chi connectivity index (χ1v) is 8.67. The average molecular weight is 353 g/mol. The highest BCUT2D eigenvalue weighted by Gasteiger charge is 2.24.